The lowest BCUT2D eigenvalue weighted by Gasteiger charge is -2.33. The first-order valence-electron chi connectivity index (χ1n) is 7.08. The monoisotopic (exact) mass is 255 g/mol. The molecule has 0 radical (unpaired) electrons. The maximum atomic E-state index is 11.4. The molecule has 1 aliphatic heterocycles. The lowest BCUT2D eigenvalue weighted by atomic mass is 10.1. The number of ether oxygens (including phenoxy) is 1. The highest BCUT2D eigenvalue weighted by Gasteiger charge is 2.28. The van der Waals surface area contributed by atoms with E-state index in [0.29, 0.717) is 12.1 Å². The zero-order valence-electron chi connectivity index (χ0n) is 11.2. The zero-order chi connectivity index (χ0) is 13.0. The average Bonchev–Trinajstić information content (AvgIpc) is 3.18. The third-order valence-corrected chi connectivity index (χ3v) is 3.77. The molecule has 2 rings (SSSR count). The number of carbonyl (C=O) groups is 1. The topological polar surface area (TPSA) is 67.6 Å². The highest BCUT2D eigenvalue weighted by atomic mass is 16.5. The van der Waals surface area contributed by atoms with Crippen molar-refractivity contribution in [3.63, 3.8) is 0 Å². The van der Waals surface area contributed by atoms with Crippen molar-refractivity contribution in [1.82, 2.24) is 10.2 Å². The van der Waals surface area contributed by atoms with Gasteiger partial charge in [0.1, 0.15) is 0 Å². The molecule has 2 unspecified atom stereocenters. The Kier molecular flexibility index (Phi) is 4.97. The summed E-state index contributed by atoms with van der Waals surface area (Å²) in [6.07, 6.45) is 4.57. The number of hydrogen-bond acceptors (Lipinski definition) is 4. The number of nitrogens with zero attached hydrogens (tertiary/aromatic N) is 1. The fourth-order valence-electron chi connectivity index (χ4n) is 2.38. The minimum atomic E-state index is -0.220. The average molecular weight is 255 g/mol. The highest BCUT2D eigenvalue weighted by Crippen LogP contribution is 2.20. The summed E-state index contributed by atoms with van der Waals surface area (Å²) >= 11 is 0. The fraction of sp³-hybridized carbons (Fsp3) is 0.923. The molecule has 3 N–H and O–H groups in total. The number of rotatable bonds is 7. The van der Waals surface area contributed by atoms with E-state index in [2.05, 4.69) is 17.1 Å². The number of nitrogens with one attached hydrogen (secondary N) is 1. The second-order valence-electron chi connectivity index (χ2n) is 5.39. The first-order chi connectivity index (χ1) is 8.69. The Balaban J connectivity index is 1.72. The fourth-order valence-corrected chi connectivity index (χ4v) is 2.38. The van der Waals surface area contributed by atoms with Crippen LogP contribution in [0.1, 0.15) is 32.6 Å². The van der Waals surface area contributed by atoms with E-state index in [-0.39, 0.29) is 11.9 Å². The molecule has 1 saturated heterocycles. The maximum Gasteiger partial charge on any atom is 0.234 e. The first-order valence-corrected chi connectivity index (χ1v) is 7.08. The van der Waals surface area contributed by atoms with Gasteiger partial charge in [0.05, 0.1) is 18.8 Å². The van der Waals surface area contributed by atoms with Crippen LogP contribution in [0, 0.1) is 0 Å². The van der Waals surface area contributed by atoms with Crippen molar-refractivity contribution in [1.29, 1.82) is 0 Å². The van der Waals surface area contributed by atoms with Gasteiger partial charge in [0.25, 0.3) is 0 Å². The summed E-state index contributed by atoms with van der Waals surface area (Å²) in [7, 11) is 0. The van der Waals surface area contributed by atoms with Crippen molar-refractivity contribution in [2.45, 2.75) is 50.8 Å². The summed E-state index contributed by atoms with van der Waals surface area (Å²) in [4.78, 5) is 13.7. The molecule has 5 heteroatoms. The van der Waals surface area contributed by atoms with Crippen LogP contribution < -0.4 is 11.1 Å². The minimum absolute atomic E-state index is 0.166. The van der Waals surface area contributed by atoms with Crippen LogP contribution in [0.5, 0.6) is 0 Å². The van der Waals surface area contributed by atoms with Gasteiger partial charge in [-0.05, 0) is 25.7 Å². The molecule has 0 aromatic heterocycles. The lowest BCUT2D eigenvalue weighted by molar-refractivity contribution is -0.120. The van der Waals surface area contributed by atoms with E-state index >= 15 is 0 Å². The van der Waals surface area contributed by atoms with Crippen molar-refractivity contribution in [2.24, 2.45) is 5.73 Å². The van der Waals surface area contributed by atoms with E-state index in [9.17, 15) is 4.79 Å². The molecule has 0 aromatic carbocycles. The quantitative estimate of drug-likeness (QED) is 0.677. The molecule has 2 atom stereocenters. The van der Waals surface area contributed by atoms with Gasteiger partial charge >= 0.3 is 0 Å². The molecular weight excluding hydrogens is 230 g/mol. The molecular formula is C13H25N3O2. The van der Waals surface area contributed by atoms with Crippen LogP contribution in [0.25, 0.3) is 0 Å². The number of carbonyl (C=O) groups excluding carboxylic acids is 1. The minimum Gasteiger partial charge on any atom is -0.376 e. The predicted octanol–water partition coefficient (Wildman–Crippen LogP) is 0.0932. The van der Waals surface area contributed by atoms with E-state index in [4.69, 9.17) is 10.5 Å². The summed E-state index contributed by atoms with van der Waals surface area (Å²) in [5.41, 5.74) is 5.44. The van der Waals surface area contributed by atoms with Gasteiger partial charge in [0.15, 0.2) is 0 Å². The molecule has 0 spiro atoms. The van der Waals surface area contributed by atoms with Crippen molar-refractivity contribution < 1.29 is 9.53 Å². The summed E-state index contributed by atoms with van der Waals surface area (Å²) in [5.74, 6) is -0.220. The van der Waals surface area contributed by atoms with Gasteiger partial charge in [-0.2, -0.15) is 0 Å². The smallest absolute Gasteiger partial charge is 0.234 e. The van der Waals surface area contributed by atoms with Gasteiger partial charge in [-0.3, -0.25) is 9.69 Å². The van der Waals surface area contributed by atoms with Crippen LogP contribution >= 0.6 is 0 Å². The van der Waals surface area contributed by atoms with Crippen molar-refractivity contribution in [3.05, 3.63) is 0 Å². The highest BCUT2D eigenvalue weighted by molar-refractivity contribution is 5.79. The standard InChI is InChI=1S/C13H25N3O2/c1-2-11-9-16(7-8-18-11)6-5-12(13(14)17)15-10-3-4-10/h10-12,15H,2-9H2,1H3,(H2,14,17). The third kappa shape index (κ3) is 4.23. The van der Waals surface area contributed by atoms with Crippen molar-refractivity contribution >= 4 is 5.91 Å². The van der Waals surface area contributed by atoms with E-state index in [0.717, 1.165) is 39.1 Å². The molecule has 1 saturated carbocycles. The van der Waals surface area contributed by atoms with Gasteiger partial charge in [0.2, 0.25) is 5.91 Å². The normalized spacial score (nSPS) is 27.1. The number of morpholine rings is 1. The van der Waals surface area contributed by atoms with Crippen LogP contribution in [0.3, 0.4) is 0 Å². The third-order valence-electron chi connectivity index (χ3n) is 3.77. The van der Waals surface area contributed by atoms with Gasteiger partial charge in [-0.25, -0.2) is 0 Å². The molecule has 2 fully saturated rings. The second kappa shape index (κ2) is 6.50. The molecule has 104 valence electrons. The summed E-state index contributed by atoms with van der Waals surface area (Å²) in [6, 6.07) is 0.357. The lowest BCUT2D eigenvalue weighted by Crippen LogP contribution is -2.47. The summed E-state index contributed by atoms with van der Waals surface area (Å²) in [6.45, 7) is 5.81. The van der Waals surface area contributed by atoms with Gasteiger partial charge in [-0.1, -0.05) is 6.92 Å². The summed E-state index contributed by atoms with van der Waals surface area (Å²) in [5, 5.41) is 3.32. The van der Waals surface area contributed by atoms with Gasteiger partial charge in [-0.15, -0.1) is 0 Å². The van der Waals surface area contributed by atoms with Crippen LogP contribution in [0.15, 0.2) is 0 Å². The predicted molar refractivity (Wildman–Crippen MR) is 70.2 cm³/mol. The Morgan fingerprint density at radius 3 is 2.94 bits per heavy atom. The number of amides is 1. The molecule has 18 heavy (non-hydrogen) atoms. The molecule has 5 nitrogen and oxygen atoms in total. The van der Waals surface area contributed by atoms with Crippen LogP contribution in [-0.2, 0) is 9.53 Å². The Bertz CT molecular complexity index is 281. The molecule has 1 amide bonds. The van der Waals surface area contributed by atoms with E-state index in [1.807, 2.05) is 0 Å². The number of primary amides is 1. The zero-order valence-corrected chi connectivity index (χ0v) is 11.2. The largest absolute Gasteiger partial charge is 0.376 e. The van der Waals surface area contributed by atoms with Crippen molar-refractivity contribution in [3.8, 4) is 0 Å². The van der Waals surface area contributed by atoms with Gasteiger partial charge in [0, 0.05) is 25.7 Å². The molecule has 1 heterocycles. The Morgan fingerprint density at radius 2 is 2.33 bits per heavy atom. The van der Waals surface area contributed by atoms with Crippen molar-refractivity contribution in [2.75, 3.05) is 26.2 Å². The summed E-state index contributed by atoms with van der Waals surface area (Å²) < 4.78 is 5.64. The second-order valence-corrected chi connectivity index (χ2v) is 5.39. The van der Waals surface area contributed by atoms with E-state index in [1.54, 1.807) is 0 Å². The Morgan fingerprint density at radius 1 is 1.56 bits per heavy atom. The van der Waals surface area contributed by atoms with E-state index in [1.165, 1.54) is 12.8 Å². The van der Waals surface area contributed by atoms with Crippen LogP contribution in [-0.4, -0.2) is 55.2 Å². The molecule has 0 bridgehead atoms. The maximum absolute atomic E-state index is 11.4. The molecule has 2 aliphatic rings. The number of hydrogen-bond donors (Lipinski definition) is 2. The Hall–Kier alpha value is -0.650. The van der Waals surface area contributed by atoms with Gasteiger partial charge < -0.3 is 15.8 Å². The van der Waals surface area contributed by atoms with Crippen LogP contribution in [0.4, 0.5) is 0 Å². The molecule has 0 aromatic rings. The SMILES string of the molecule is CCC1CN(CCC(NC2CC2)C(N)=O)CCO1. The number of nitrogens with two attached hydrogens (primary N) is 1. The first kappa shape index (κ1) is 13.8. The Labute approximate surface area is 109 Å². The molecule has 1 aliphatic carbocycles. The van der Waals surface area contributed by atoms with Crippen LogP contribution in [0.2, 0.25) is 0 Å². The van der Waals surface area contributed by atoms with E-state index < -0.39 is 0 Å².